The van der Waals surface area contributed by atoms with Crippen LogP contribution >= 0.6 is 15.6 Å². The summed E-state index contributed by atoms with van der Waals surface area (Å²) in [6.07, 6.45) is 55.5. The molecule has 19 heteroatoms. The largest absolute Gasteiger partial charge is 0.472 e. The maximum atomic E-state index is 13.1. The lowest BCUT2D eigenvalue weighted by atomic mass is 10.00. The Morgan fingerprint density at radius 2 is 0.526 bits per heavy atom. The van der Waals surface area contributed by atoms with Crippen LogP contribution in [0.1, 0.15) is 402 Å². The molecule has 0 aliphatic rings. The van der Waals surface area contributed by atoms with Crippen LogP contribution in [-0.4, -0.2) is 96.7 Å². The third-order valence-electron chi connectivity index (χ3n) is 18.5. The monoisotopic (exact) mass is 1420 g/mol. The van der Waals surface area contributed by atoms with Crippen LogP contribution in [0.3, 0.4) is 0 Å². The molecule has 0 spiro atoms. The van der Waals surface area contributed by atoms with Gasteiger partial charge in [-0.15, -0.1) is 0 Å². The molecule has 0 aliphatic carbocycles. The minimum Gasteiger partial charge on any atom is -0.462 e. The van der Waals surface area contributed by atoms with E-state index < -0.39 is 97.5 Å². The number of hydrogen-bond acceptors (Lipinski definition) is 15. The first-order valence-electron chi connectivity index (χ1n) is 40.4. The fourth-order valence-corrected chi connectivity index (χ4v) is 13.5. The van der Waals surface area contributed by atoms with E-state index in [1.807, 2.05) is 0 Å². The van der Waals surface area contributed by atoms with Crippen molar-refractivity contribution in [3.63, 3.8) is 0 Å². The highest BCUT2D eigenvalue weighted by Gasteiger charge is 2.30. The molecule has 0 heterocycles. The lowest BCUT2D eigenvalue weighted by Crippen LogP contribution is -2.30. The Labute approximate surface area is 594 Å². The maximum absolute atomic E-state index is 13.1. The third kappa shape index (κ3) is 70.9. The summed E-state index contributed by atoms with van der Waals surface area (Å²) in [4.78, 5) is 72.9. The molecule has 0 aliphatic heterocycles. The fraction of sp³-hybridized carbons (Fsp3) is 0.949. The van der Waals surface area contributed by atoms with Gasteiger partial charge in [-0.3, -0.25) is 37.3 Å². The number of hydrogen-bond donors (Lipinski definition) is 3. The zero-order valence-electron chi connectivity index (χ0n) is 63.5. The Kier molecular flexibility index (Phi) is 67.1. The summed E-state index contributed by atoms with van der Waals surface area (Å²) < 4.78 is 68.6. The van der Waals surface area contributed by atoms with Crippen LogP contribution in [0.25, 0.3) is 0 Å². The summed E-state index contributed by atoms with van der Waals surface area (Å²) in [7, 11) is -9.91. The Bertz CT molecular complexity index is 1890. The second-order valence-corrected chi connectivity index (χ2v) is 32.2. The average Bonchev–Trinajstić information content (AvgIpc) is 0.985. The van der Waals surface area contributed by atoms with E-state index in [0.717, 1.165) is 114 Å². The smallest absolute Gasteiger partial charge is 0.462 e. The highest BCUT2D eigenvalue weighted by atomic mass is 31.2. The molecule has 576 valence electrons. The minimum absolute atomic E-state index is 0.106. The molecule has 0 rings (SSSR count). The topological polar surface area (TPSA) is 237 Å². The number of aliphatic hydroxyl groups is 1. The first-order chi connectivity index (χ1) is 46.8. The summed E-state index contributed by atoms with van der Waals surface area (Å²) in [6.45, 7) is 11.9. The highest BCUT2D eigenvalue weighted by molar-refractivity contribution is 7.47. The summed E-state index contributed by atoms with van der Waals surface area (Å²) in [5.74, 6) is 0.225. The van der Waals surface area contributed by atoms with Crippen molar-refractivity contribution in [2.45, 2.75) is 420 Å². The molecule has 0 radical (unpaired) electrons. The van der Waals surface area contributed by atoms with Gasteiger partial charge in [0.25, 0.3) is 0 Å². The summed E-state index contributed by atoms with van der Waals surface area (Å²) in [5, 5.41) is 10.6. The van der Waals surface area contributed by atoms with Crippen LogP contribution in [-0.2, 0) is 65.4 Å². The molecule has 0 aromatic carbocycles. The molecule has 17 nitrogen and oxygen atoms in total. The van der Waals surface area contributed by atoms with Gasteiger partial charge in [0.15, 0.2) is 12.2 Å². The van der Waals surface area contributed by atoms with Gasteiger partial charge in [0.1, 0.15) is 19.3 Å². The van der Waals surface area contributed by atoms with Crippen molar-refractivity contribution in [3.05, 3.63) is 0 Å². The fourth-order valence-electron chi connectivity index (χ4n) is 11.9. The van der Waals surface area contributed by atoms with E-state index >= 15 is 0 Å². The van der Waals surface area contributed by atoms with Crippen molar-refractivity contribution < 1.29 is 80.2 Å². The van der Waals surface area contributed by atoms with Gasteiger partial charge in [-0.1, -0.05) is 350 Å². The summed E-state index contributed by atoms with van der Waals surface area (Å²) >= 11 is 0. The predicted octanol–water partition coefficient (Wildman–Crippen LogP) is 23.0. The second kappa shape index (κ2) is 68.5. The maximum Gasteiger partial charge on any atom is 0.472 e. The third-order valence-corrected chi connectivity index (χ3v) is 20.4. The van der Waals surface area contributed by atoms with Gasteiger partial charge in [-0.05, 0) is 43.4 Å². The lowest BCUT2D eigenvalue weighted by molar-refractivity contribution is -0.161. The molecule has 0 saturated heterocycles. The SMILES string of the molecule is CCCCCCCCCCCCCC(=O)O[C@H](COC(=O)CCCCCCCCC(C)CC)COP(=O)(O)OC[C@H](O)COP(=O)(O)OC[C@@H](COC(=O)CCCCCCCCCCCCCCCCCC(C)C)OC(=O)CCCCCCCCCCCCCCCCCC(C)C. The molecule has 6 atom stereocenters. The Morgan fingerprint density at radius 1 is 0.299 bits per heavy atom. The molecular weight excluding hydrogens is 1270 g/mol. The zero-order valence-corrected chi connectivity index (χ0v) is 65.3. The van der Waals surface area contributed by atoms with E-state index in [4.69, 9.17) is 37.0 Å². The van der Waals surface area contributed by atoms with E-state index in [9.17, 15) is 43.2 Å². The average molecular weight is 1420 g/mol. The Hall–Kier alpha value is -1.94. The van der Waals surface area contributed by atoms with Gasteiger partial charge in [0.05, 0.1) is 26.4 Å². The predicted molar refractivity (Wildman–Crippen MR) is 395 cm³/mol. The first kappa shape index (κ1) is 95.1. The van der Waals surface area contributed by atoms with Gasteiger partial charge in [-0.25, -0.2) is 9.13 Å². The molecular formula is C78H152O17P2. The van der Waals surface area contributed by atoms with E-state index in [-0.39, 0.29) is 25.7 Å². The van der Waals surface area contributed by atoms with E-state index in [0.29, 0.717) is 25.7 Å². The second-order valence-electron chi connectivity index (χ2n) is 29.3. The van der Waals surface area contributed by atoms with Gasteiger partial charge in [0, 0.05) is 25.7 Å². The number of ether oxygens (including phenoxy) is 4. The number of aliphatic hydroxyl groups excluding tert-OH is 1. The van der Waals surface area contributed by atoms with E-state index in [2.05, 4.69) is 48.5 Å². The number of phosphoric acid groups is 2. The van der Waals surface area contributed by atoms with Crippen LogP contribution in [0.2, 0.25) is 0 Å². The number of esters is 4. The van der Waals surface area contributed by atoms with Crippen molar-refractivity contribution in [2.75, 3.05) is 39.6 Å². The minimum atomic E-state index is -4.96. The molecule has 0 amide bonds. The Balaban J connectivity index is 5.23. The van der Waals surface area contributed by atoms with Crippen molar-refractivity contribution in [2.24, 2.45) is 17.8 Å². The number of unbranched alkanes of at least 4 members (excludes halogenated alkanes) is 43. The van der Waals surface area contributed by atoms with Gasteiger partial charge in [0.2, 0.25) is 0 Å². The number of carbonyl (C=O) groups is 4. The molecule has 3 N–H and O–H groups in total. The number of phosphoric ester groups is 2. The van der Waals surface area contributed by atoms with Crippen LogP contribution in [0.15, 0.2) is 0 Å². The Morgan fingerprint density at radius 3 is 0.784 bits per heavy atom. The standard InChI is InChI=1S/C78H152O17P2/c1-8-10-11-12-13-14-25-33-38-47-54-61-77(82)95-74(66-89-76(81)60-53-46-41-40-44-51-58-71(7)9-2)68-93-97(86,87)91-64-72(79)63-90-96(84,85)92-67-73(94-78(83)62-55-48-39-34-29-24-20-16-18-22-27-31-36-43-50-57-70(5)6)65-88-75(80)59-52-45-37-32-28-23-19-15-17-21-26-30-35-42-49-56-69(3)4/h69-74,79H,8-68H2,1-7H3,(H,84,85)(H,86,87)/t71?,72-,73-,74-/m1/s1. The molecule has 3 unspecified atom stereocenters. The first-order valence-corrected chi connectivity index (χ1v) is 43.4. The summed E-state index contributed by atoms with van der Waals surface area (Å²) in [5.41, 5.74) is 0. The van der Waals surface area contributed by atoms with Crippen molar-refractivity contribution >= 4 is 39.5 Å². The van der Waals surface area contributed by atoms with Gasteiger partial charge in [-0.2, -0.15) is 0 Å². The molecule has 0 saturated carbocycles. The normalized spacial score (nSPS) is 14.3. The zero-order chi connectivity index (χ0) is 71.6. The van der Waals surface area contributed by atoms with Crippen LogP contribution in [0.5, 0.6) is 0 Å². The number of rotatable bonds is 76. The molecule has 0 bridgehead atoms. The molecule has 0 fully saturated rings. The molecule has 97 heavy (non-hydrogen) atoms. The molecule has 0 aromatic rings. The lowest BCUT2D eigenvalue weighted by Gasteiger charge is -2.21. The quantitative estimate of drug-likeness (QED) is 0.0222. The van der Waals surface area contributed by atoms with Gasteiger partial charge >= 0.3 is 39.5 Å². The van der Waals surface area contributed by atoms with Crippen molar-refractivity contribution in [3.8, 4) is 0 Å². The van der Waals surface area contributed by atoms with Crippen molar-refractivity contribution in [1.29, 1.82) is 0 Å². The highest BCUT2D eigenvalue weighted by Crippen LogP contribution is 2.45. The van der Waals surface area contributed by atoms with E-state index in [1.54, 1.807) is 0 Å². The van der Waals surface area contributed by atoms with Gasteiger partial charge < -0.3 is 33.8 Å². The van der Waals surface area contributed by atoms with Crippen molar-refractivity contribution in [1.82, 2.24) is 0 Å². The van der Waals surface area contributed by atoms with Crippen LogP contribution < -0.4 is 0 Å². The van der Waals surface area contributed by atoms with Crippen LogP contribution in [0.4, 0.5) is 0 Å². The van der Waals surface area contributed by atoms with E-state index in [1.165, 1.54) is 205 Å². The molecule has 0 aromatic heterocycles. The van der Waals surface area contributed by atoms with Crippen LogP contribution in [0, 0.1) is 17.8 Å². The summed E-state index contributed by atoms with van der Waals surface area (Å²) in [6, 6.07) is 0. The number of carbonyl (C=O) groups excluding carboxylic acids is 4.